The molecule has 0 aliphatic heterocycles. The first-order valence-electron chi connectivity index (χ1n) is 7.74. The molecule has 132 valence electrons. The number of amides is 1. The van der Waals surface area contributed by atoms with Gasteiger partial charge in [0.15, 0.2) is 6.10 Å². The molecule has 6 heteroatoms. The van der Waals surface area contributed by atoms with Gasteiger partial charge in [0.25, 0.3) is 5.91 Å². The van der Waals surface area contributed by atoms with Gasteiger partial charge in [0.1, 0.15) is 5.75 Å². The number of hydrogen-bond donors (Lipinski definition) is 1. The Bertz CT molecular complexity index is 804. The first-order valence-corrected chi connectivity index (χ1v) is 8.12. The average Bonchev–Trinajstić information content (AvgIpc) is 2.58. The van der Waals surface area contributed by atoms with Crippen LogP contribution in [0.3, 0.4) is 0 Å². The van der Waals surface area contributed by atoms with Crippen molar-refractivity contribution in [1.82, 2.24) is 0 Å². The van der Waals surface area contributed by atoms with Gasteiger partial charge in [-0.3, -0.25) is 4.79 Å². The molecular weight excluding hydrogens is 342 g/mol. The maximum atomic E-state index is 12.4. The summed E-state index contributed by atoms with van der Waals surface area (Å²) in [6.07, 6.45) is -0.737. The number of aryl methyl sites for hydroxylation is 2. The van der Waals surface area contributed by atoms with Crippen LogP contribution in [0, 0.1) is 13.8 Å². The molecule has 0 aromatic heterocycles. The van der Waals surface area contributed by atoms with Gasteiger partial charge in [0.2, 0.25) is 0 Å². The van der Waals surface area contributed by atoms with Crippen LogP contribution in [0.1, 0.15) is 28.4 Å². The minimum Gasteiger partial charge on any atom is -0.481 e. The summed E-state index contributed by atoms with van der Waals surface area (Å²) < 4.78 is 10.4. The van der Waals surface area contributed by atoms with Crippen molar-refractivity contribution in [3.05, 3.63) is 58.1 Å². The monoisotopic (exact) mass is 361 g/mol. The minimum atomic E-state index is -0.737. The molecule has 0 aliphatic carbocycles. The summed E-state index contributed by atoms with van der Waals surface area (Å²) >= 11 is 6.09. The lowest BCUT2D eigenvalue weighted by Crippen LogP contribution is -2.30. The van der Waals surface area contributed by atoms with E-state index in [1.807, 2.05) is 32.0 Å². The van der Waals surface area contributed by atoms with Gasteiger partial charge in [-0.2, -0.15) is 0 Å². The van der Waals surface area contributed by atoms with Gasteiger partial charge in [-0.1, -0.05) is 29.3 Å². The Morgan fingerprint density at radius 1 is 1.12 bits per heavy atom. The topological polar surface area (TPSA) is 64.6 Å². The third kappa shape index (κ3) is 4.73. The summed E-state index contributed by atoms with van der Waals surface area (Å²) in [5.41, 5.74) is 2.69. The zero-order valence-electron chi connectivity index (χ0n) is 14.6. The molecule has 0 saturated heterocycles. The number of carbonyl (C=O) groups is 2. The summed E-state index contributed by atoms with van der Waals surface area (Å²) in [5, 5.41) is 3.00. The second-order valence-corrected chi connectivity index (χ2v) is 6.11. The molecule has 5 nitrogen and oxygen atoms in total. The van der Waals surface area contributed by atoms with Crippen molar-refractivity contribution < 1.29 is 19.1 Å². The molecule has 0 saturated carbocycles. The Kier molecular flexibility index (Phi) is 6.04. The van der Waals surface area contributed by atoms with Crippen molar-refractivity contribution in [2.45, 2.75) is 26.9 Å². The summed E-state index contributed by atoms with van der Waals surface area (Å²) in [7, 11) is 1.29. The van der Waals surface area contributed by atoms with E-state index < -0.39 is 12.1 Å². The van der Waals surface area contributed by atoms with Crippen LogP contribution in [0.25, 0.3) is 0 Å². The summed E-state index contributed by atoms with van der Waals surface area (Å²) in [4.78, 5) is 24.0. The second kappa shape index (κ2) is 8.03. The van der Waals surface area contributed by atoms with E-state index in [0.717, 1.165) is 11.1 Å². The van der Waals surface area contributed by atoms with Gasteiger partial charge in [-0.05, 0) is 50.6 Å². The summed E-state index contributed by atoms with van der Waals surface area (Å²) in [6, 6.07) is 10.3. The molecule has 2 rings (SSSR count). The van der Waals surface area contributed by atoms with Crippen LogP contribution in [0.2, 0.25) is 5.02 Å². The Morgan fingerprint density at radius 3 is 2.48 bits per heavy atom. The predicted molar refractivity (Wildman–Crippen MR) is 97.4 cm³/mol. The fourth-order valence-corrected chi connectivity index (χ4v) is 2.44. The molecule has 0 bridgehead atoms. The van der Waals surface area contributed by atoms with Gasteiger partial charge in [-0.15, -0.1) is 0 Å². The number of carbonyl (C=O) groups excluding carboxylic acids is 2. The molecular formula is C19H20ClNO4. The molecule has 1 N–H and O–H groups in total. The highest BCUT2D eigenvalue weighted by molar-refractivity contribution is 6.33. The molecule has 0 unspecified atom stereocenters. The van der Waals surface area contributed by atoms with E-state index in [1.165, 1.54) is 25.3 Å². The highest BCUT2D eigenvalue weighted by atomic mass is 35.5. The number of esters is 1. The second-order valence-electron chi connectivity index (χ2n) is 5.70. The Hall–Kier alpha value is -2.53. The third-order valence-corrected chi connectivity index (χ3v) is 3.98. The molecule has 0 radical (unpaired) electrons. The zero-order valence-corrected chi connectivity index (χ0v) is 15.3. The van der Waals surface area contributed by atoms with Crippen LogP contribution in [-0.2, 0) is 9.53 Å². The van der Waals surface area contributed by atoms with Crippen molar-refractivity contribution in [1.29, 1.82) is 0 Å². The normalized spacial score (nSPS) is 11.6. The molecule has 0 fully saturated rings. The molecule has 25 heavy (non-hydrogen) atoms. The maximum absolute atomic E-state index is 12.4. The number of benzene rings is 2. The first kappa shape index (κ1) is 18.8. The quantitative estimate of drug-likeness (QED) is 0.812. The average molecular weight is 362 g/mol. The largest absolute Gasteiger partial charge is 0.481 e. The van der Waals surface area contributed by atoms with Gasteiger partial charge in [-0.25, -0.2) is 4.79 Å². The smallest absolute Gasteiger partial charge is 0.337 e. The van der Waals surface area contributed by atoms with Crippen LogP contribution in [0.15, 0.2) is 36.4 Å². The number of methoxy groups -OCH3 is 1. The van der Waals surface area contributed by atoms with Crippen LogP contribution < -0.4 is 10.1 Å². The molecule has 0 aliphatic rings. The third-order valence-electron chi connectivity index (χ3n) is 3.65. The van der Waals surface area contributed by atoms with Gasteiger partial charge in [0.05, 0.1) is 23.4 Å². The minimum absolute atomic E-state index is 0.296. The number of rotatable bonds is 5. The summed E-state index contributed by atoms with van der Waals surface area (Å²) in [6.45, 7) is 5.56. The van der Waals surface area contributed by atoms with Crippen LogP contribution in [0.4, 0.5) is 5.69 Å². The van der Waals surface area contributed by atoms with Crippen molar-refractivity contribution in [3.8, 4) is 5.75 Å². The predicted octanol–water partition coefficient (Wildman–Crippen LogP) is 4.15. The highest BCUT2D eigenvalue weighted by Gasteiger charge is 2.18. The molecule has 0 spiro atoms. The van der Waals surface area contributed by atoms with E-state index in [9.17, 15) is 9.59 Å². The van der Waals surface area contributed by atoms with Gasteiger partial charge >= 0.3 is 5.97 Å². The van der Waals surface area contributed by atoms with Gasteiger partial charge < -0.3 is 14.8 Å². The lowest BCUT2D eigenvalue weighted by atomic mass is 10.1. The Balaban J connectivity index is 2.12. The van der Waals surface area contributed by atoms with E-state index in [2.05, 4.69) is 10.1 Å². The highest BCUT2D eigenvalue weighted by Crippen LogP contribution is 2.25. The fraction of sp³-hybridized carbons (Fsp3) is 0.263. The van der Waals surface area contributed by atoms with Crippen LogP contribution in [-0.4, -0.2) is 25.1 Å². The molecule has 2 aromatic rings. The number of anilines is 1. The van der Waals surface area contributed by atoms with E-state index in [-0.39, 0.29) is 5.91 Å². The summed E-state index contributed by atoms with van der Waals surface area (Å²) in [5.74, 6) is -0.238. The fourth-order valence-electron chi connectivity index (χ4n) is 2.28. The van der Waals surface area contributed by atoms with E-state index in [1.54, 1.807) is 6.92 Å². The van der Waals surface area contributed by atoms with Crippen molar-refractivity contribution in [3.63, 3.8) is 0 Å². The lowest BCUT2D eigenvalue weighted by Gasteiger charge is -2.17. The zero-order chi connectivity index (χ0) is 18.6. The molecule has 0 heterocycles. The van der Waals surface area contributed by atoms with Crippen molar-refractivity contribution in [2.24, 2.45) is 0 Å². The van der Waals surface area contributed by atoms with Crippen LogP contribution in [0.5, 0.6) is 5.75 Å². The van der Waals surface area contributed by atoms with Crippen molar-refractivity contribution in [2.75, 3.05) is 12.4 Å². The first-order chi connectivity index (χ1) is 11.8. The standard InChI is InChI=1S/C19H20ClNO4/c1-11-5-8-17(12(2)9-11)25-13(3)18(22)21-16-10-14(19(23)24-4)6-7-15(16)20/h5-10,13H,1-4H3,(H,21,22)/t13-/m1/s1. The van der Waals surface area contributed by atoms with Crippen molar-refractivity contribution >= 4 is 29.2 Å². The number of nitrogens with one attached hydrogen (secondary N) is 1. The lowest BCUT2D eigenvalue weighted by molar-refractivity contribution is -0.122. The maximum Gasteiger partial charge on any atom is 0.337 e. The Morgan fingerprint density at radius 2 is 1.84 bits per heavy atom. The molecule has 1 atom stereocenters. The number of ether oxygens (including phenoxy) is 2. The molecule has 1 amide bonds. The SMILES string of the molecule is COC(=O)c1ccc(Cl)c(NC(=O)[C@@H](C)Oc2ccc(C)cc2C)c1. The van der Waals surface area contributed by atoms with Gasteiger partial charge in [0, 0.05) is 0 Å². The number of halogens is 1. The van der Waals surface area contributed by atoms with E-state index in [0.29, 0.717) is 22.0 Å². The Labute approximate surface area is 151 Å². The number of hydrogen-bond acceptors (Lipinski definition) is 4. The van der Waals surface area contributed by atoms with E-state index in [4.69, 9.17) is 16.3 Å². The molecule has 2 aromatic carbocycles. The van der Waals surface area contributed by atoms with Crippen LogP contribution >= 0.6 is 11.6 Å². The van der Waals surface area contributed by atoms with E-state index >= 15 is 0 Å².